The highest BCUT2D eigenvalue weighted by Gasteiger charge is 2.13. The molecule has 1 radical (unpaired) electrons. The summed E-state index contributed by atoms with van der Waals surface area (Å²) in [7, 11) is 0. The number of rotatable bonds is 2. The van der Waals surface area contributed by atoms with Crippen LogP contribution in [0.1, 0.15) is 32.1 Å². The van der Waals surface area contributed by atoms with Gasteiger partial charge in [0.05, 0.1) is 5.84 Å². The summed E-state index contributed by atoms with van der Waals surface area (Å²) in [6.45, 7) is 0. The van der Waals surface area contributed by atoms with Gasteiger partial charge in [0.25, 0.3) is 0 Å². The highest BCUT2D eigenvalue weighted by Crippen LogP contribution is 2.25. The largest absolute Gasteiger partial charge is 0.387 e. The molecule has 10 heavy (non-hydrogen) atoms. The van der Waals surface area contributed by atoms with Crippen molar-refractivity contribution in [2.45, 2.75) is 32.1 Å². The van der Waals surface area contributed by atoms with Gasteiger partial charge in [0, 0.05) is 6.42 Å². The molecule has 1 aliphatic carbocycles. The van der Waals surface area contributed by atoms with Crippen LogP contribution in [-0.2, 0) is 0 Å². The third-order valence-corrected chi connectivity index (χ3v) is 2.07. The fourth-order valence-electron chi connectivity index (χ4n) is 1.55. The van der Waals surface area contributed by atoms with Crippen LogP contribution in [0, 0.1) is 17.7 Å². The second kappa shape index (κ2) is 3.59. The summed E-state index contributed by atoms with van der Waals surface area (Å²) >= 11 is 0. The number of nitrogens with two attached hydrogens (primary N) is 1. The van der Waals surface area contributed by atoms with Crippen molar-refractivity contribution < 1.29 is 0 Å². The van der Waals surface area contributed by atoms with Gasteiger partial charge < -0.3 is 5.73 Å². The molecule has 0 unspecified atom stereocenters. The third kappa shape index (κ3) is 2.38. The van der Waals surface area contributed by atoms with E-state index in [9.17, 15) is 0 Å². The van der Waals surface area contributed by atoms with Crippen LogP contribution in [0.5, 0.6) is 0 Å². The topological polar surface area (TPSA) is 49.9 Å². The minimum Gasteiger partial charge on any atom is -0.387 e. The maximum atomic E-state index is 7.05. The maximum absolute atomic E-state index is 7.05. The van der Waals surface area contributed by atoms with Crippen LogP contribution in [0.25, 0.3) is 0 Å². The van der Waals surface area contributed by atoms with Gasteiger partial charge in [-0.1, -0.05) is 19.3 Å². The van der Waals surface area contributed by atoms with E-state index in [4.69, 9.17) is 11.1 Å². The van der Waals surface area contributed by atoms with E-state index < -0.39 is 0 Å². The Bertz CT molecular complexity index is 114. The Morgan fingerprint density at radius 2 is 1.90 bits per heavy atom. The Kier molecular flexibility index (Phi) is 2.72. The molecule has 0 bridgehead atoms. The standard InChI is InChI=1S/C8H15N2/c9-8(10)6-7-4-2-1-3-5-7/h6-7H,1-5H2,(H3,9,10). The molecule has 0 amide bonds. The van der Waals surface area contributed by atoms with Crippen molar-refractivity contribution >= 4 is 5.84 Å². The van der Waals surface area contributed by atoms with Crippen molar-refractivity contribution in [3.63, 3.8) is 0 Å². The first-order valence-electron chi connectivity index (χ1n) is 3.98. The van der Waals surface area contributed by atoms with E-state index >= 15 is 0 Å². The fourth-order valence-corrected chi connectivity index (χ4v) is 1.55. The van der Waals surface area contributed by atoms with Gasteiger partial charge in [-0.25, -0.2) is 0 Å². The van der Waals surface area contributed by atoms with Crippen molar-refractivity contribution in [2.75, 3.05) is 0 Å². The first-order chi connectivity index (χ1) is 4.79. The molecule has 2 heteroatoms. The Hall–Kier alpha value is -0.530. The Morgan fingerprint density at radius 1 is 1.30 bits per heavy atom. The van der Waals surface area contributed by atoms with Crippen molar-refractivity contribution in [3.05, 3.63) is 6.42 Å². The van der Waals surface area contributed by atoms with Crippen molar-refractivity contribution in [3.8, 4) is 0 Å². The molecule has 0 aromatic heterocycles. The fraction of sp³-hybridized carbons (Fsp3) is 0.750. The molecule has 0 atom stereocenters. The third-order valence-electron chi connectivity index (χ3n) is 2.07. The van der Waals surface area contributed by atoms with Gasteiger partial charge in [0.15, 0.2) is 0 Å². The molecule has 0 saturated heterocycles. The Balaban J connectivity index is 2.19. The molecule has 1 fully saturated rings. The first-order valence-corrected chi connectivity index (χ1v) is 3.98. The highest BCUT2D eigenvalue weighted by atomic mass is 14.7. The Labute approximate surface area is 62.3 Å². The molecule has 3 N–H and O–H groups in total. The molecule has 0 heterocycles. The maximum Gasteiger partial charge on any atom is 0.0947 e. The monoisotopic (exact) mass is 139 g/mol. The lowest BCUT2D eigenvalue weighted by Gasteiger charge is -2.19. The zero-order chi connectivity index (χ0) is 7.40. The van der Waals surface area contributed by atoms with E-state index in [1.807, 2.05) is 6.42 Å². The van der Waals surface area contributed by atoms with E-state index in [0.29, 0.717) is 5.92 Å². The van der Waals surface area contributed by atoms with Crippen LogP contribution >= 0.6 is 0 Å². The molecule has 57 valence electrons. The zero-order valence-corrected chi connectivity index (χ0v) is 6.27. The molecular weight excluding hydrogens is 124 g/mol. The van der Waals surface area contributed by atoms with Gasteiger partial charge in [-0.3, -0.25) is 5.41 Å². The summed E-state index contributed by atoms with van der Waals surface area (Å²) in [5.41, 5.74) is 5.25. The van der Waals surface area contributed by atoms with E-state index in [1.165, 1.54) is 32.1 Å². The van der Waals surface area contributed by atoms with Crippen LogP contribution in [0.2, 0.25) is 0 Å². The minimum absolute atomic E-state index is 0.243. The summed E-state index contributed by atoms with van der Waals surface area (Å²) in [5.74, 6) is 0.846. The SMILES string of the molecule is N=C(N)[CH]C1CCCCC1. The lowest BCUT2D eigenvalue weighted by molar-refractivity contribution is 0.407. The summed E-state index contributed by atoms with van der Waals surface area (Å²) < 4.78 is 0. The smallest absolute Gasteiger partial charge is 0.0947 e. The van der Waals surface area contributed by atoms with Gasteiger partial charge in [0.1, 0.15) is 0 Å². The first kappa shape index (κ1) is 7.58. The van der Waals surface area contributed by atoms with Crippen LogP contribution < -0.4 is 5.73 Å². The van der Waals surface area contributed by atoms with Crippen molar-refractivity contribution in [1.82, 2.24) is 0 Å². The zero-order valence-electron chi connectivity index (χ0n) is 6.27. The second-order valence-electron chi connectivity index (χ2n) is 3.02. The molecule has 0 spiro atoms. The minimum atomic E-state index is 0.243. The van der Waals surface area contributed by atoms with E-state index in [1.54, 1.807) is 0 Å². The number of amidine groups is 1. The predicted molar refractivity (Wildman–Crippen MR) is 42.8 cm³/mol. The van der Waals surface area contributed by atoms with E-state index in [2.05, 4.69) is 0 Å². The van der Waals surface area contributed by atoms with Gasteiger partial charge in [-0.2, -0.15) is 0 Å². The normalized spacial score (nSPS) is 20.8. The van der Waals surface area contributed by atoms with Crippen molar-refractivity contribution in [2.24, 2.45) is 11.7 Å². The second-order valence-corrected chi connectivity index (χ2v) is 3.02. The molecular formula is C8H15N2. The van der Waals surface area contributed by atoms with Crippen LogP contribution in [0.4, 0.5) is 0 Å². The molecule has 1 saturated carbocycles. The highest BCUT2D eigenvalue weighted by molar-refractivity contribution is 5.85. The van der Waals surface area contributed by atoms with Gasteiger partial charge in [-0.05, 0) is 18.8 Å². The quantitative estimate of drug-likeness (QED) is 0.444. The van der Waals surface area contributed by atoms with Crippen LogP contribution in [0.3, 0.4) is 0 Å². The summed E-state index contributed by atoms with van der Waals surface area (Å²) in [6.07, 6.45) is 8.35. The predicted octanol–water partition coefficient (Wildman–Crippen LogP) is 1.71. The number of hydrogen-bond acceptors (Lipinski definition) is 1. The lowest BCUT2D eigenvalue weighted by atomic mass is 9.87. The average molecular weight is 139 g/mol. The summed E-state index contributed by atoms with van der Waals surface area (Å²) in [4.78, 5) is 0. The van der Waals surface area contributed by atoms with Crippen molar-refractivity contribution in [1.29, 1.82) is 5.41 Å². The molecule has 0 aromatic rings. The van der Waals surface area contributed by atoms with E-state index in [-0.39, 0.29) is 5.84 Å². The molecule has 1 rings (SSSR count). The number of nitrogens with one attached hydrogen (secondary N) is 1. The van der Waals surface area contributed by atoms with Gasteiger partial charge in [-0.15, -0.1) is 0 Å². The number of hydrogen-bond donors (Lipinski definition) is 2. The molecule has 1 aliphatic rings. The lowest BCUT2D eigenvalue weighted by Crippen LogP contribution is -2.18. The van der Waals surface area contributed by atoms with Gasteiger partial charge >= 0.3 is 0 Å². The molecule has 2 nitrogen and oxygen atoms in total. The Morgan fingerprint density at radius 3 is 2.40 bits per heavy atom. The molecule has 0 aromatic carbocycles. The van der Waals surface area contributed by atoms with Crippen LogP contribution in [-0.4, -0.2) is 5.84 Å². The average Bonchev–Trinajstić information content (AvgIpc) is 1.88. The van der Waals surface area contributed by atoms with E-state index in [0.717, 1.165) is 0 Å². The van der Waals surface area contributed by atoms with Gasteiger partial charge in [0.2, 0.25) is 0 Å². The summed E-state index contributed by atoms with van der Waals surface area (Å²) in [6, 6.07) is 0. The molecule has 0 aliphatic heterocycles. The summed E-state index contributed by atoms with van der Waals surface area (Å²) in [5, 5.41) is 7.05. The van der Waals surface area contributed by atoms with Crippen LogP contribution in [0.15, 0.2) is 0 Å².